The van der Waals surface area contributed by atoms with Crippen molar-refractivity contribution in [3.63, 3.8) is 0 Å². The van der Waals surface area contributed by atoms with Gasteiger partial charge in [0.1, 0.15) is 11.8 Å². The lowest BCUT2D eigenvalue weighted by Crippen LogP contribution is -2.44. The SMILES string of the molecule is CN1CCN(c2ccc(-c3cnc4c(-c5ccc(CC#N)cc5)coc4c3)cc2)CC1. The molecule has 3 heterocycles. The van der Waals surface area contributed by atoms with Gasteiger partial charge in [0.15, 0.2) is 5.58 Å². The first-order valence-electron chi connectivity index (χ1n) is 10.6. The molecule has 1 saturated heterocycles. The van der Waals surface area contributed by atoms with Gasteiger partial charge in [-0.05, 0) is 41.9 Å². The van der Waals surface area contributed by atoms with E-state index in [-0.39, 0.29) is 0 Å². The average molecular weight is 409 g/mol. The molecule has 2 aromatic carbocycles. The first-order valence-corrected chi connectivity index (χ1v) is 10.6. The highest BCUT2D eigenvalue weighted by Crippen LogP contribution is 2.32. The van der Waals surface area contributed by atoms with Crippen LogP contribution in [0.25, 0.3) is 33.4 Å². The molecule has 4 aromatic rings. The van der Waals surface area contributed by atoms with Crippen LogP contribution < -0.4 is 4.90 Å². The molecule has 0 aliphatic carbocycles. The molecule has 5 rings (SSSR count). The molecule has 1 aliphatic heterocycles. The maximum Gasteiger partial charge on any atom is 0.153 e. The molecule has 0 bridgehead atoms. The topological polar surface area (TPSA) is 56.3 Å². The van der Waals surface area contributed by atoms with Gasteiger partial charge in [0.25, 0.3) is 0 Å². The normalized spacial score (nSPS) is 14.6. The van der Waals surface area contributed by atoms with Gasteiger partial charge in [0.2, 0.25) is 0 Å². The van der Waals surface area contributed by atoms with E-state index in [1.165, 1.54) is 5.69 Å². The van der Waals surface area contributed by atoms with Gasteiger partial charge in [-0.2, -0.15) is 5.26 Å². The van der Waals surface area contributed by atoms with Crippen LogP contribution in [-0.2, 0) is 6.42 Å². The second-order valence-electron chi connectivity index (χ2n) is 8.09. The van der Waals surface area contributed by atoms with Crippen molar-refractivity contribution in [2.45, 2.75) is 6.42 Å². The molecule has 0 amide bonds. The van der Waals surface area contributed by atoms with Crippen LogP contribution in [0, 0.1) is 11.3 Å². The van der Waals surface area contributed by atoms with Gasteiger partial charge >= 0.3 is 0 Å². The molecule has 0 N–H and O–H groups in total. The maximum atomic E-state index is 8.85. The lowest BCUT2D eigenvalue weighted by molar-refractivity contribution is 0.313. The standard InChI is InChI=1S/C26H24N4O/c1-29-12-14-30(15-13-29)23-8-6-20(7-9-23)22-16-25-26(28-17-22)24(18-31-25)21-4-2-19(3-5-21)10-11-27/h2-9,16-18H,10,12-15H2,1H3. The minimum Gasteiger partial charge on any atom is -0.462 e. The third-order valence-electron chi connectivity index (χ3n) is 6.03. The van der Waals surface area contributed by atoms with Gasteiger partial charge in [0.05, 0.1) is 12.5 Å². The Balaban J connectivity index is 1.39. The third-order valence-corrected chi connectivity index (χ3v) is 6.03. The van der Waals surface area contributed by atoms with E-state index in [1.807, 2.05) is 30.5 Å². The van der Waals surface area contributed by atoms with Gasteiger partial charge in [-0.3, -0.25) is 4.98 Å². The van der Waals surface area contributed by atoms with Crippen molar-refractivity contribution in [2.75, 3.05) is 38.1 Å². The molecule has 2 aromatic heterocycles. The number of anilines is 1. The molecule has 0 saturated carbocycles. The Hall–Kier alpha value is -3.62. The van der Waals surface area contributed by atoms with Crippen molar-refractivity contribution < 1.29 is 4.42 Å². The first-order chi connectivity index (χ1) is 15.2. The quantitative estimate of drug-likeness (QED) is 0.477. The minimum atomic E-state index is 0.418. The number of benzene rings is 2. The Morgan fingerprint density at radius 1 is 0.935 bits per heavy atom. The van der Waals surface area contributed by atoms with Crippen LogP contribution in [0.5, 0.6) is 0 Å². The van der Waals surface area contributed by atoms with E-state index in [0.717, 1.165) is 65.1 Å². The molecule has 0 radical (unpaired) electrons. The number of piperazine rings is 1. The number of rotatable bonds is 4. The molecule has 5 nitrogen and oxygen atoms in total. The molecule has 0 spiro atoms. The van der Waals surface area contributed by atoms with Crippen molar-refractivity contribution >= 4 is 16.8 Å². The van der Waals surface area contributed by atoms with Crippen molar-refractivity contribution in [1.29, 1.82) is 5.26 Å². The summed E-state index contributed by atoms with van der Waals surface area (Å²) < 4.78 is 5.84. The number of fused-ring (bicyclic) bond motifs is 1. The second kappa shape index (κ2) is 8.25. The van der Waals surface area contributed by atoms with Crippen LogP contribution in [-0.4, -0.2) is 43.1 Å². The summed E-state index contributed by atoms with van der Waals surface area (Å²) in [6.45, 7) is 4.33. The van der Waals surface area contributed by atoms with Crippen LogP contribution in [0.2, 0.25) is 0 Å². The Morgan fingerprint density at radius 2 is 1.65 bits per heavy atom. The number of nitriles is 1. The second-order valence-corrected chi connectivity index (χ2v) is 8.09. The van der Waals surface area contributed by atoms with E-state index in [4.69, 9.17) is 14.7 Å². The fraction of sp³-hybridized carbons (Fsp3) is 0.231. The van der Waals surface area contributed by atoms with Crippen LogP contribution in [0.3, 0.4) is 0 Å². The van der Waals surface area contributed by atoms with Crippen LogP contribution >= 0.6 is 0 Å². The van der Waals surface area contributed by atoms with Gasteiger partial charge in [-0.15, -0.1) is 0 Å². The number of hydrogen-bond acceptors (Lipinski definition) is 5. The summed E-state index contributed by atoms with van der Waals surface area (Å²) in [7, 11) is 2.17. The lowest BCUT2D eigenvalue weighted by atomic mass is 10.0. The molecule has 1 aliphatic rings. The summed E-state index contributed by atoms with van der Waals surface area (Å²) in [5, 5.41) is 8.85. The number of likely N-dealkylation sites (N-methyl/N-ethyl adjacent to an activating group) is 1. The van der Waals surface area contributed by atoms with E-state index < -0.39 is 0 Å². The first kappa shape index (κ1) is 19.3. The Morgan fingerprint density at radius 3 is 2.35 bits per heavy atom. The predicted molar refractivity (Wildman–Crippen MR) is 124 cm³/mol. The van der Waals surface area contributed by atoms with E-state index in [9.17, 15) is 0 Å². The van der Waals surface area contributed by atoms with E-state index in [0.29, 0.717) is 6.42 Å². The monoisotopic (exact) mass is 408 g/mol. The van der Waals surface area contributed by atoms with Crippen LogP contribution in [0.4, 0.5) is 5.69 Å². The molecule has 154 valence electrons. The fourth-order valence-corrected chi connectivity index (χ4v) is 4.10. The summed E-state index contributed by atoms with van der Waals surface area (Å²) in [5.74, 6) is 0. The average Bonchev–Trinajstić information content (AvgIpc) is 3.24. The summed E-state index contributed by atoms with van der Waals surface area (Å²) >= 11 is 0. The third kappa shape index (κ3) is 3.90. The van der Waals surface area contributed by atoms with Crippen molar-refractivity contribution in [2.24, 2.45) is 0 Å². The largest absolute Gasteiger partial charge is 0.462 e. The zero-order valence-electron chi connectivity index (χ0n) is 17.6. The Kier molecular flexibility index (Phi) is 5.15. The lowest BCUT2D eigenvalue weighted by Gasteiger charge is -2.34. The number of nitrogens with zero attached hydrogens (tertiary/aromatic N) is 4. The molecule has 0 unspecified atom stereocenters. The van der Waals surface area contributed by atoms with Gasteiger partial charge in [-0.1, -0.05) is 36.4 Å². The highest BCUT2D eigenvalue weighted by molar-refractivity contribution is 5.92. The predicted octanol–water partition coefficient (Wildman–Crippen LogP) is 4.98. The zero-order chi connectivity index (χ0) is 21.2. The van der Waals surface area contributed by atoms with Gasteiger partial charge < -0.3 is 14.2 Å². The Labute approximate surface area is 182 Å². The summed E-state index contributed by atoms with van der Waals surface area (Å²) in [6, 6.07) is 20.9. The minimum absolute atomic E-state index is 0.418. The highest BCUT2D eigenvalue weighted by atomic mass is 16.3. The van der Waals surface area contributed by atoms with E-state index >= 15 is 0 Å². The number of furan rings is 1. The summed E-state index contributed by atoms with van der Waals surface area (Å²) in [6.07, 6.45) is 4.09. The smallest absolute Gasteiger partial charge is 0.153 e. The van der Waals surface area contributed by atoms with Crippen LogP contribution in [0.15, 0.2) is 71.5 Å². The van der Waals surface area contributed by atoms with Crippen molar-refractivity contribution in [1.82, 2.24) is 9.88 Å². The zero-order valence-corrected chi connectivity index (χ0v) is 17.6. The highest BCUT2D eigenvalue weighted by Gasteiger charge is 2.15. The Bertz CT molecular complexity index is 1230. The fourth-order valence-electron chi connectivity index (χ4n) is 4.10. The molecule has 0 atom stereocenters. The van der Waals surface area contributed by atoms with Gasteiger partial charge in [0, 0.05) is 49.2 Å². The maximum absolute atomic E-state index is 8.85. The molecular formula is C26H24N4O. The summed E-state index contributed by atoms with van der Waals surface area (Å²) in [4.78, 5) is 9.51. The number of hydrogen-bond donors (Lipinski definition) is 0. The summed E-state index contributed by atoms with van der Waals surface area (Å²) in [5.41, 5.74) is 8.09. The number of pyridine rings is 1. The van der Waals surface area contributed by atoms with Crippen molar-refractivity contribution in [3.8, 4) is 28.3 Å². The molecular weight excluding hydrogens is 384 g/mol. The molecule has 31 heavy (non-hydrogen) atoms. The van der Waals surface area contributed by atoms with Gasteiger partial charge in [-0.25, -0.2) is 0 Å². The van der Waals surface area contributed by atoms with Crippen LogP contribution in [0.1, 0.15) is 5.56 Å². The van der Waals surface area contributed by atoms with E-state index in [2.05, 4.69) is 53.2 Å². The molecule has 5 heteroatoms. The number of aromatic nitrogens is 1. The molecule has 1 fully saturated rings. The van der Waals surface area contributed by atoms with Crippen molar-refractivity contribution in [3.05, 3.63) is 72.6 Å². The van der Waals surface area contributed by atoms with E-state index in [1.54, 1.807) is 6.26 Å².